The van der Waals surface area contributed by atoms with Crippen molar-refractivity contribution < 1.29 is 13.5 Å². The second-order valence-corrected chi connectivity index (χ2v) is 8.24. The zero-order valence-corrected chi connectivity index (χ0v) is 17.6. The molecule has 0 radical (unpaired) electrons. The minimum absolute atomic E-state index is 0.319. The Morgan fingerprint density at radius 3 is 2.91 bits per heavy atom. The fourth-order valence-electron chi connectivity index (χ4n) is 4.26. The van der Waals surface area contributed by atoms with Crippen LogP contribution < -0.4 is 4.74 Å². The van der Waals surface area contributed by atoms with Crippen LogP contribution in [0.4, 0.5) is 8.78 Å². The smallest absolute Gasteiger partial charge is 0.162 e. The molecular weight excluding hydrogens is 410 g/mol. The number of nitrogens with zero attached hydrogens (tertiary/aromatic N) is 3. The number of hydrogen-bond acceptors (Lipinski definition) is 4. The van der Waals surface area contributed by atoms with Gasteiger partial charge in [-0.05, 0) is 54.9 Å². The highest BCUT2D eigenvalue weighted by molar-refractivity contribution is 5.78. The summed E-state index contributed by atoms with van der Waals surface area (Å²) in [5.74, 6) is -1.06. The van der Waals surface area contributed by atoms with E-state index in [9.17, 15) is 8.78 Å². The first-order valence-corrected chi connectivity index (χ1v) is 10.8. The van der Waals surface area contributed by atoms with Crippen molar-refractivity contribution in [1.82, 2.24) is 20.1 Å². The number of pyridine rings is 1. The van der Waals surface area contributed by atoms with E-state index in [2.05, 4.69) is 50.4 Å². The number of aromatic amines is 1. The standard InChI is InChI=1S/C25H24F2N4O/c26-22-5-4-21(14-23(22)27)32-11-8-20-13-25(30-29-20)19-7-10-31(16-19)15-17-3-6-24-18(12-17)2-1-9-28-24/h1-6,9,12-14,19H,7-8,10-11,15-16H2,(H,29,30)/t19-/m1/s1. The molecular formula is C25H24F2N4O. The number of likely N-dealkylation sites (tertiary alicyclic amines) is 1. The molecule has 5 rings (SSSR count). The molecule has 164 valence electrons. The van der Waals surface area contributed by atoms with E-state index in [4.69, 9.17) is 4.74 Å². The lowest BCUT2D eigenvalue weighted by Gasteiger charge is -2.16. The number of benzene rings is 2. The molecule has 1 atom stereocenters. The van der Waals surface area contributed by atoms with E-state index in [0.717, 1.165) is 55.1 Å². The van der Waals surface area contributed by atoms with Crippen LogP contribution in [-0.2, 0) is 13.0 Å². The largest absolute Gasteiger partial charge is 0.493 e. The molecule has 2 aromatic carbocycles. The summed E-state index contributed by atoms with van der Waals surface area (Å²) in [6.07, 6.45) is 3.51. The summed E-state index contributed by atoms with van der Waals surface area (Å²) in [4.78, 5) is 6.85. The second-order valence-electron chi connectivity index (χ2n) is 8.24. The number of rotatable bonds is 7. The van der Waals surface area contributed by atoms with Gasteiger partial charge in [0.1, 0.15) is 5.75 Å². The minimum atomic E-state index is -0.905. The van der Waals surface area contributed by atoms with E-state index in [1.807, 2.05) is 12.3 Å². The van der Waals surface area contributed by atoms with Crippen LogP contribution in [0.3, 0.4) is 0 Å². The molecule has 4 aromatic rings. The number of aromatic nitrogens is 3. The van der Waals surface area contributed by atoms with Crippen LogP contribution in [0.5, 0.6) is 5.75 Å². The monoisotopic (exact) mass is 434 g/mol. The molecule has 1 fully saturated rings. The average Bonchev–Trinajstić information content (AvgIpc) is 3.46. The summed E-state index contributed by atoms with van der Waals surface area (Å²) < 4.78 is 31.8. The summed E-state index contributed by atoms with van der Waals surface area (Å²) in [7, 11) is 0. The number of ether oxygens (including phenoxy) is 1. The van der Waals surface area contributed by atoms with Crippen molar-refractivity contribution in [2.45, 2.75) is 25.3 Å². The Balaban J connectivity index is 1.14. The molecule has 0 aliphatic carbocycles. The summed E-state index contributed by atoms with van der Waals surface area (Å²) in [6, 6.07) is 16.2. The van der Waals surface area contributed by atoms with Crippen LogP contribution in [0.2, 0.25) is 0 Å². The lowest BCUT2D eigenvalue weighted by Crippen LogP contribution is -2.19. The fraction of sp³-hybridized carbons (Fsp3) is 0.280. The van der Waals surface area contributed by atoms with Crippen LogP contribution in [0.15, 0.2) is 60.8 Å². The highest BCUT2D eigenvalue weighted by atomic mass is 19.2. The van der Waals surface area contributed by atoms with E-state index >= 15 is 0 Å². The molecule has 1 saturated heterocycles. The fourth-order valence-corrected chi connectivity index (χ4v) is 4.26. The molecule has 32 heavy (non-hydrogen) atoms. The molecule has 0 amide bonds. The molecule has 1 aliphatic rings. The number of H-pyrrole nitrogens is 1. The van der Waals surface area contributed by atoms with Crippen molar-refractivity contribution in [3.63, 3.8) is 0 Å². The number of halogens is 2. The topological polar surface area (TPSA) is 54.0 Å². The Hall–Kier alpha value is -3.32. The van der Waals surface area contributed by atoms with Crippen molar-refractivity contribution in [1.29, 1.82) is 0 Å². The van der Waals surface area contributed by atoms with Gasteiger partial charge in [0.25, 0.3) is 0 Å². The van der Waals surface area contributed by atoms with E-state index in [-0.39, 0.29) is 0 Å². The Kier molecular flexibility index (Phi) is 5.81. The SMILES string of the molecule is Fc1ccc(OCCc2cc([C@@H]3CCN(Cc4ccc5ncccc5c4)C3)n[nH]2)cc1F. The van der Waals surface area contributed by atoms with Gasteiger partial charge in [0, 0.05) is 48.8 Å². The molecule has 3 heterocycles. The predicted octanol–water partition coefficient (Wildman–Crippen LogP) is 4.85. The van der Waals surface area contributed by atoms with Gasteiger partial charge in [0.2, 0.25) is 0 Å². The van der Waals surface area contributed by atoms with Crippen molar-refractivity contribution in [2.75, 3.05) is 19.7 Å². The lowest BCUT2D eigenvalue weighted by atomic mass is 10.0. The minimum Gasteiger partial charge on any atom is -0.493 e. The third kappa shape index (κ3) is 4.62. The van der Waals surface area contributed by atoms with Crippen molar-refractivity contribution >= 4 is 10.9 Å². The van der Waals surface area contributed by atoms with Crippen LogP contribution in [0.25, 0.3) is 10.9 Å². The van der Waals surface area contributed by atoms with Gasteiger partial charge in [-0.3, -0.25) is 15.0 Å². The van der Waals surface area contributed by atoms with Gasteiger partial charge < -0.3 is 4.74 Å². The third-order valence-corrected chi connectivity index (χ3v) is 5.95. The van der Waals surface area contributed by atoms with Crippen LogP contribution in [0, 0.1) is 11.6 Å². The first kappa shape index (κ1) is 20.6. The predicted molar refractivity (Wildman–Crippen MR) is 119 cm³/mol. The molecule has 2 aromatic heterocycles. The quantitative estimate of drug-likeness (QED) is 0.452. The molecule has 0 unspecified atom stereocenters. The van der Waals surface area contributed by atoms with E-state index < -0.39 is 11.6 Å². The van der Waals surface area contributed by atoms with Crippen molar-refractivity contribution in [3.05, 3.63) is 89.4 Å². The lowest BCUT2D eigenvalue weighted by molar-refractivity contribution is 0.317. The normalized spacial score (nSPS) is 16.6. The van der Waals surface area contributed by atoms with Gasteiger partial charge in [0.05, 0.1) is 17.8 Å². The Labute approximate surface area is 185 Å². The molecule has 0 bridgehead atoms. The Bertz CT molecular complexity index is 1230. The number of fused-ring (bicyclic) bond motifs is 1. The first-order valence-electron chi connectivity index (χ1n) is 10.8. The maximum atomic E-state index is 13.3. The highest BCUT2D eigenvalue weighted by Crippen LogP contribution is 2.28. The molecule has 7 heteroatoms. The summed E-state index contributed by atoms with van der Waals surface area (Å²) in [5.41, 5.74) is 4.36. The van der Waals surface area contributed by atoms with Gasteiger partial charge in [-0.2, -0.15) is 5.10 Å². The van der Waals surface area contributed by atoms with E-state index in [1.165, 1.54) is 17.0 Å². The molecule has 1 aliphatic heterocycles. The van der Waals surface area contributed by atoms with E-state index in [0.29, 0.717) is 24.7 Å². The highest BCUT2D eigenvalue weighted by Gasteiger charge is 2.25. The summed E-state index contributed by atoms with van der Waals surface area (Å²) >= 11 is 0. The summed E-state index contributed by atoms with van der Waals surface area (Å²) in [5, 5.41) is 8.76. The third-order valence-electron chi connectivity index (χ3n) is 5.95. The maximum absolute atomic E-state index is 13.3. The first-order chi connectivity index (χ1) is 15.6. The van der Waals surface area contributed by atoms with Gasteiger partial charge in [-0.1, -0.05) is 12.1 Å². The Morgan fingerprint density at radius 1 is 1.06 bits per heavy atom. The number of nitrogens with one attached hydrogen (secondary N) is 1. The zero-order chi connectivity index (χ0) is 21.9. The Morgan fingerprint density at radius 2 is 2.00 bits per heavy atom. The van der Waals surface area contributed by atoms with Gasteiger partial charge in [0.15, 0.2) is 11.6 Å². The molecule has 1 N–H and O–H groups in total. The van der Waals surface area contributed by atoms with Crippen LogP contribution in [0.1, 0.15) is 29.3 Å². The maximum Gasteiger partial charge on any atom is 0.162 e. The van der Waals surface area contributed by atoms with Gasteiger partial charge in [-0.25, -0.2) is 8.78 Å². The molecule has 5 nitrogen and oxygen atoms in total. The van der Waals surface area contributed by atoms with Crippen LogP contribution in [-0.4, -0.2) is 39.8 Å². The summed E-state index contributed by atoms with van der Waals surface area (Å²) in [6.45, 7) is 3.29. The number of hydrogen-bond donors (Lipinski definition) is 1. The zero-order valence-electron chi connectivity index (χ0n) is 17.6. The second kappa shape index (κ2) is 9.04. The molecule has 0 spiro atoms. The molecule has 0 saturated carbocycles. The average molecular weight is 434 g/mol. The van der Waals surface area contributed by atoms with E-state index in [1.54, 1.807) is 0 Å². The van der Waals surface area contributed by atoms with Crippen molar-refractivity contribution in [3.8, 4) is 5.75 Å². The van der Waals surface area contributed by atoms with Crippen LogP contribution >= 0.6 is 0 Å². The van der Waals surface area contributed by atoms with Gasteiger partial charge >= 0.3 is 0 Å². The van der Waals surface area contributed by atoms with Crippen molar-refractivity contribution in [2.24, 2.45) is 0 Å². The van der Waals surface area contributed by atoms with Gasteiger partial charge in [-0.15, -0.1) is 0 Å².